The second kappa shape index (κ2) is 6.59. The van der Waals surface area contributed by atoms with Crippen molar-refractivity contribution >= 4 is 11.4 Å². The third-order valence-corrected chi connectivity index (χ3v) is 3.67. The molecule has 0 amide bonds. The molecule has 0 aliphatic heterocycles. The van der Waals surface area contributed by atoms with Gasteiger partial charge in [-0.25, -0.2) is 0 Å². The van der Waals surface area contributed by atoms with Crippen LogP contribution >= 0.6 is 0 Å². The summed E-state index contributed by atoms with van der Waals surface area (Å²) in [4.78, 5) is 10.6. The van der Waals surface area contributed by atoms with Crippen molar-refractivity contribution in [1.82, 2.24) is 0 Å². The molecule has 1 saturated carbocycles. The van der Waals surface area contributed by atoms with E-state index in [9.17, 15) is 10.1 Å². The van der Waals surface area contributed by atoms with Crippen LogP contribution in [0.5, 0.6) is 5.75 Å². The van der Waals surface area contributed by atoms with Crippen molar-refractivity contribution in [3.8, 4) is 5.75 Å². The molecule has 5 nitrogen and oxygen atoms in total. The van der Waals surface area contributed by atoms with Crippen LogP contribution in [0, 0.1) is 22.0 Å². The van der Waals surface area contributed by atoms with E-state index in [4.69, 9.17) is 4.74 Å². The van der Waals surface area contributed by atoms with E-state index in [-0.39, 0.29) is 5.69 Å². The van der Waals surface area contributed by atoms with Crippen molar-refractivity contribution in [2.75, 3.05) is 18.5 Å². The molecule has 110 valence electrons. The fourth-order valence-corrected chi connectivity index (χ4v) is 2.21. The lowest BCUT2D eigenvalue weighted by molar-refractivity contribution is -0.385. The molecule has 0 bridgehead atoms. The van der Waals surface area contributed by atoms with Crippen LogP contribution in [0.2, 0.25) is 0 Å². The molecular formula is C15H22N2O3. The Morgan fingerprint density at radius 2 is 2.25 bits per heavy atom. The molecule has 1 N–H and O–H groups in total. The third kappa shape index (κ3) is 3.85. The summed E-state index contributed by atoms with van der Waals surface area (Å²) in [5.41, 5.74) is 0.911. The van der Waals surface area contributed by atoms with Gasteiger partial charge in [0.2, 0.25) is 0 Å². The smallest absolute Gasteiger partial charge is 0.311 e. The topological polar surface area (TPSA) is 64.4 Å². The summed E-state index contributed by atoms with van der Waals surface area (Å²) in [5, 5.41) is 14.3. The van der Waals surface area contributed by atoms with E-state index >= 15 is 0 Å². The molecule has 1 aliphatic carbocycles. The maximum atomic E-state index is 11.0. The first-order valence-corrected chi connectivity index (χ1v) is 7.27. The fraction of sp³-hybridized carbons (Fsp3) is 0.600. The summed E-state index contributed by atoms with van der Waals surface area (Å²) in [7, 11) is 0. The molecule has 1 aliphatic rings. The van der Waals surface area contributed by atoms with Gasteiger partial charge in [0.15, 0.2) is 5.75 Å². The van der Waals surface area contributed by atoms with Crippen molar-refractivity contribution in [1.29, 1.82) is 0 Å². The molecule has 1 unspecified atom stereocenters. The summed E-state index contributed by atoms with van der Waals surface area (Å²) >= 11 is 0. The van der Waals surface area contributed by atoms with Gasteiger partial charge >= 0.3 is 5.69 Å². The number of rotatable bonds is 8. The first-order valence-electron chi connectivity index (χ1n) is 7.27. The van der Waals surface area contributed by atoms with Crippen molar-refractivity contribution in [3.63, 3.8) is 0 Å². The Hall–Kier alpha value is -1.78. The van der Waals surface area contributed by atoms with Crippen molar-refractivity contribution in [3.05, 3.63) is 28.3 Å². The quantitative estimate of drug-likeness (QED) is 0.579. The number of hydrogen-bond acceptors (Lipinski definition) is 4. The van der Waals surface area contributed by atoms with Gasteiger partial charge in [-0.3, -0.25) is 10.1 Å². The highest BCUT2D eigenvalue weighted by Crippen LogP contribution is 2.37. The summed E-state index contributed by atoms with van der Waals surface area (Å²) in [6.45, 7) is 5.61. The van der Waals surface area contributed by atoms with Crippen LogP contribution in [0.1, 0.15) is 33.1 Å². The molecule has 0 heterocycles. The maximum absolute atomic E-state index is 11.0. The van der Waals surface area contributed by atoms with E-state index in [1.54, 1.807) is 12.1 Å². The molecule has 0 radical (unpaired) electrons. The van der Waals surface area contributed by atoms with Gasteiger partial charge in [-0.05, 0) is 37.2 Å². The Labute approximate surface area is 119 Å². The lowest BCUT2D eigenvalue weighted by Crippen LogP contribution is -2.13. The minimum absolute atomic E-state index is 0.0271. The lowest BCUT2D eigenvalue weighted by Gasteiger charge is -2.13. The highest BCUT2D eigenvalue weighted by molar-refractivity contribution is 5.58. The van der Waals surface area contributed by atoms with Crippen LogP contribution in [0.3, 0.4) is 0 Å². The van der Waals surface area contributed by atoms with Crippen molar-refractivity contribution < 1.29 is 9.66 Å². The van der Waals surface area contributed by atoms with Gasteiger partial charge in [-0.2, -0.15) is 0 Å². The zero-order valence-corrected chi connectivity index (χ0v) is 12.1. The monoisotopic (exact) mass is 278 g/mol. The molecule has 20 heavy (non-hydrogen) atoms. The molecule has 1 fully saturated rings. The largest absolute Gasteiger partial charge is 0.487 e. The van der Waals surface area contributed by atoms with Crippen LogP contribution in [0.4, 0.5) is 11.4 Å². The van der Waals surface area contributed by atoms with Gasteiger partial charge < -0.3 is 10.1 Å². The van der Waals surface area contributed by atoms with Gasteiger partial charge in [0.05, 0.1) is 11.5 Å². The third-order valence-electron chi connectivity index (χ3n) is 3.67. The molecule has 0 saturated heterocycles. The zero-order valence-electron chi connectivity index (χ0n) is 12.1. The molecule has 1 aromatic carbocycles. The van der Waals surface area contributed by atoms with E-state index in [1.165, 1.54) is 18.9 Å². The number of ether oxygens (including phenoxy) is 1. The first-order chi connectivity index (χ1) is 9.61. The number of nitro benzene ring substituents is 1. The van der Waals surface area contributed by atoms with E-state index in [2.05, 4.69) is 12.2 Å². The van der Waals surface area contributed by atoms with E-state index < -0.39 is 4.92 Å². The SMILES string of the molecule is CCCOc1cc(NCC(C)C2CC2)ccc1[N+](=O)[O-]. The second-order valence-corrected chi connectivity index (χ2v) is 5.48. The van der Waals surface area contributed by atoms with Gasteiger partial charge in [-0.15, -0.1) is 0 Å². The molecular weight excluding hydrogens is 256 g/mol. The van der Waals surface area contributed by atoms with Crippen molar-refractivity contribution in [2.24, 2.45) is 11.8 Å². The van der Waals surface area contributed by atoms with Crippen LogP contribution in [-0.2, 0) is 0 Å². The number of nitrogens with zero attached hydrogens (tertiary/aromatic N) is 1. The Bertz CT molecular complexity index is 472. The minimum Gasteiger partial charge on any atom is -0.487 e. The van der Waals surface area contributed by atoms with E-state index in [1.807, 2.05) is 6.92 Å². The first kappa shape index (κ1) is 14.6. The predicted octanol–water partition coefficient (Wildman–Crippen LogP) is 3.84. The number of nitrogens with one attached hydrogen (secondary N) is 1. The molecule has 2 rings (SSSR count). The summed E-state index contributed by atoms with van der Waals surface area (Å²) in [5.74, 6) is 1.84. The van der Waals surface area contributed by atoms with Gasteiger partial charge in [0.1, 0.15) is 0 Å². The Morgan fingerprint density at radius 1 is 1.50 bits per heavy atom. The number of benzene rings is 1. The second-order valence-electron chi connectivity index (χ2n) is 5.48. The average Bonchev–Trinajstić information content (AvgIpc) is 3.26. The summed E-state index contributed by atoms with van der Waals surface area (Å²) in [6, 6.07) is 4.99. The summed E-state index contributed by atoms with van der Waals surface area (Å²) < 4.78 is 5.47. The van der Waals surface area contributed by atoms with Gasteiger partial charge in [0.25, 0.3) is 0 Å². The Morgan fingerprint density at radius 3 is 2.85 bits per heavy atom. The van der Waals surface area contributed by atoms with Crippen LogP contribution in [0.15, 0.2) is 18.2 Å². The number of hydrogen-bond donors (Lipinski definition) is 1. The normalized spacial score (nSPS) is 15.7. The fourth-order valence-electron chi connectivity index (χ4n) is 2.21. The standard InChI is InChI=1S/C15H22N2O3/c1-3-8-20-15-9-13(6-7-14(15)17(18)19)16-10-11(2)12-4-5-12/h6-7,9,11-12,16H,3-5,8,10H2,1-2H3. The van der Waals surface area contributed by atoms with Crippen LogP contribution < -0.4 is 10.1 Å². The van der Waals surface area contributed by atoms with Crippen LogP contribution in [-0.4, -0.2) is 18.1 Å². The molecule has 1 aromatic rings. The van der Waals surface area contributed by atoms with E-state index in [0.29, 0.717) is 18.3 Å². The van der Waals surface area contributed by atoms with Gasteiger partial charge in [0, 0.05) is 24.4 Å². The Balaban J connectivity index is 2.03. The maximum Gasteiger partial charge on any atom is 0.311 e. The van der Waals surface area contributed by atoms with Crippen molar-refractivity contribution in [2.45, 2.75) is 33.1 Å². The molecule has 0 aromatic heterocycles. The highest BCUT2D eigenvalue weighted by Gasteiger charge is 2.27. The minimum atomic E-state index is -0.401. The molecule has 0 spiro atoms. The summed E-state index contributed by atoms with van der Waals surface area (Å²) in [6.07, 6.45) is 3.48. The van der Waals surface area contributed by atoms with Gasteiger partial charge in [-0.1, -0.05) is 13.8 Å². The molecule has 5 heteroatoms. The highest BCUT2D eigenvalue weighted by atomic mass is 16.6. The van der Waals surface area contributed by atoms with Crippen LogP contribution in [0.25, 0.3) is 0 Å². The predicted molar refractivity (Wildman–Crippen MR) is 79.3 cm³/mol. The molecule has 1 atom stereocenters. The Kier molecular flexibility index (Phi) is 4.82. The average molecular weight is 278 g/mol. The van der Waals surface area contributed by atoms with E-state index in [0.717, 1.165) is 24.6 Å². The number of nitro groups is 1. The zero-order chi connectivity index (χ0) is 14.5. The number of anilines is 1. The lowest BCUT2D eigenvalue weighted by atomic mass is 10.1.